The molecule has 264 valence electrons. The molecule has 0 radical (unpaired) electrons. The summed E-state index contributed by atoms with van der Waals surface area (Å²) in [6, 6.07) is 12.2. The van der Waals surface area contributed by atoms with Crippen molar-refractivity contribution in [3.05, 3.63) is 48.5 Å². The summed E-state index contributed by atoms with van der Waals surface area (Å²) in [7, 11) is 1.60. The molecule has 1 heterocycles. The number of nitrogens with one attached hydrogen (secondary N) is 3. The lowest BCUT2D eigenvalue weighted by Gasteiger charge is -2.34. The maximum Gasteiger partial charge on any atom is 0.329 e. The van der Waals surface area contributed by atoms with Crippen molar-refractivity contribution >= 4 is 29.6 Å². The van der Waals surface area contributed by atoms with Crippen molar-refractivity contribution < 1.29 is 38.6 Å². The Labute approximate surface area is 287 Å². The van der Waals surface area contributed by atoms with Gasteiger partial charge in [0.25, 0.3) is 0 Å². The highest BCUT2D eigenvalue weighted by molar-refractivity contribution is 5.97. The third-order valence-corrected chi connectivity index (χ3v) is 9.94. The second kappa shape index (κ2) is 15.3. The Balaban J connectivity index is 1.39. The molecule has 1 saturated heterocycles. The molecule has 2 aromatic rings. The monoisotopic (exact) mass is 676 g/mol. The van der Waals surface area contributed by atoms with Crippen molar-refractivity contribution in [2.45, 2.75) is 102 Å². The van der Waals surface area contributed by atoms with E-state index >= 15 is 0 Å². The van der Waals surface area contributed by atoms with E-state index in [1.807, 2.05) is 62.4 Å². The number of amides is 4. The third kappa shape index (κ3) is 8.34. The molecule has 0 bridgehead atoms. The van der Waals surface area contributed by atoms with Crippen molar-refractivity contribution in [2.24, 2.45) is 11.8 Å². The fraction of sp³-hybridized carbons (Fsp3) is 0.541. The lowest BCUT2D eigenvalue weighted by atomic mass is 9.83. The second-order valence-electron chi connectivity index (χ2n) is 13.9. The number of methoxy groups -OCH3 is 1. The number of carbonyl (C=O) groups is 5. The summed E-state index contributed by atoms with van der Waals surface area (Å²) in [4.78, 5) is 67.3. The van der Waals surface area contributed by atoms with Crippen molar-refractivity contribution in [1.82, 2.24) is 20.9 Å². The number of likely N-dealkylation sites (tertiary alicyclic amines) is 1. The number of hydrogen-bond acceptors (Lipinski definition) is 7. The van der Waals surface area contributed by atoms with Gasteiger partial charge in [-0.2, -0.15) is 0 Å². The number of benzene rings is 2. The molecule has 12 heteroatoms. The van der Waals surface area contributed by atoms with Crippen molar-refractivity contribution in [1.29, 1.82) is 0 Å². The van der Waals surface area contributed by atoms with Crippen LogP contribution in [0.5, 0.6) is 11.5 Å². The summed E-state index contributed by atoms with van der Waals surface area (Å²) >= 11 is 0. The van der Waals surface area contributed by atoms with Gasteiger partial charge in [0.1, 0.15) is 41.3 Å². The number of carbonyl (C=O) groups excluding carboxylic acids is 4. The van der Waals surface area contributed by atoms with Crippen LogP contribution in [0.4, 0.5) is 0 Å². The highest BCUT2D eigenvalue weighted by atomic mass is 16.5. The summed E-state index contributed by atoms with van der Waals surface area (Å²) in [6.07, 6.45) is 4.74. The maximum atomic E-state index is 14.4. The Morgan fingerprint density at radius 3 is 2.20 bits per heavy atom. The number of para-hydroxylation sites is 1. The first-order chi connectivity index (χ1) is 23.4. The quantitative estimate of drug-likeness (QED) is 0.250. The van der Waals surface area contributed by atoms with E-state index in [4.69, 9.17) is 9.47 Å². The molecule has 49 heavy (non-hydrogen) atoms. The van der Waals surface area contributed by atoms with Crippen LogP contribution in [-0.2, 0) is 24.0 Å². The number of carboxylic acids is 1. The number of nitrogens with zero attached hydrogens (tertiary/aromatic N) is 1. The number of carboxylic acid groups (broad SMARTS) is 1. The molecular formula is C37H48N4O8. The second-order valence-corrected chi connectivity index (χ2v) is 13.9. The lowest BCUT2D eigenvalue weighted by molar-refractivity contribution is -0.146. The molecule has 4 N–H and O–H groups in total. The minimum absolute atomic E-state index is 0.0415. The van der Waals surface area contributed by atoms with Crippen LogP contribution in [0, 0.1) is 11.8 Å². The first-order valence-electron chi connectivity index (χ1n) is 17.3. The van der Waals surface area contributed by atoms with Gasteiger partial charge in [-0.15, -0.1) is 0 Å². The van der Waals surface area contributed by atoms with E-state index in [0.717, 1.165) is 43.2 Å². The van der Waals surface area contributed by atoms with Crippen LogP contribution in [0.1, 0.15) is 72.1 Å². The number of rotatable bonds is 13. The largest absolute Gasteiger partial charge is 0.497 e. The van der Waals surface area contributed by atoms with Crippen molar-refractivity contribution in [3.8, 4) is 22.6 Å². The van der Waals surface area contributed by atoms with Gasteiger partial charge in [0.15, 0.2) is 0 Å². The number of ether oxygens (including phenoxy) is 2. The molecule has 0 spiro atoms. The fourth-order valence-corrected chi connectivity index (χ4v) is 6.99. The molecule has 5 rings (SSSR count). The van der Waals surface area contributed by atoms with Gasteiger partial charge in [-0.3, -0.25) is 19.2 Å². The van der Waals surface area contributed by atoms with Gasteiger partial charge in [-0.25, -0.2) is 4.79 Å². The normalized spacial score (nSPS) is 21.3. The fourth-order valence-electron chi connectivity index (χ4n) is 6.99. The minimum atomic E-state index is -1.34. The predicted octanol–water partition coefficient (Wildman–Crippen LogP) is 3.67. The molecular weight excluding hydrogens is 628 g/mol. The van der Waals surface area contributed by atoms with Crippen molar-refractivity contribution in [2.75, 3.05) is 13.7 Å². The van der Waals surface area contributed by atoms with Crippen LogP contribution in [0.15, 0.2) is 48.5 Å². The Kier molecular flexibility index (Phi) is 11.1. The molecule has 0 aromatic heterocycles. The Bertz CT molecular complexity index is 1530. The van der Waals surface area contributed by atoms with Gasteiger partial charge < -0.3 is 35.4 Å². The highest BCUT2D eigenvalue weighted by Gasteiger charge is 2.54. The van der Waals surface area contributed by atoms with E-state index in [2.05, 4.69) is 16.0 Å². The van der Waals surface area contributed by atoms with E-state index in [1.54, 1.807) is 7.11 Å². The maximum absolute atomic E-state index is 14.4. The zero-order valence-electron chi connectivity index (χ0n) is 28.7. The van der Waals surface area contributed by atoms with E-state index in [0.29, 0.717) is 24.3 Å². The van der Waals surface area contributed by atoms with Crippen LogP contribution in [0.25, 0.3) is 11.1 Å². The SMILES string of the molecule is COc1ccc(-c2ccccc2O[C@@H]2CC(C(=O)NC3(C(=O)O)CC3)N(C(=O)[C@@H](NC(=O)[C@@H](NC(C)=O)C3CCCCC3)C(C)C)C2)cc1. The minimum Gasteiger partial charge on any atom is -0.497 e. The third-order valence-electron chi connectivity index (χ3n) is 9.94. The summed E-state index contributed by atoms with van der Waals surface area (Å²) in [5.74, 6) is -2.03. The summed E-state index contributed by atoms with van der Waals surface area (Å²) < 4.78 is 11.8. The smallest absolute Gasteiger partial charge is 0.329 e. The topological polar surface area (TPSA) is 163 Å². The Morgan fingerprint density at radius 1 is 0.939 bits per heavy atom. The predicted molar refractivity (Wildman–Crippen MR) is 182 cm³/mol. The number of aliphatic carboxylic acids is 1. The van der Waals surface area contributed by atoms with Gasteiger partial charge >= 0.3 is 5.97 Å². The summed E-state index contributed by atoms with van der Waals surface area (Å²) in [5.41, 5.74) is 0.365. The molecule has 3 aliphatic rings. The zero-order valence-corrected chi connectivity index (χ0v) is 28.7. The zero-order chi connectivity index (χ0) is 35.3. The van der Waals surface area contributed by atoms with Crippen LogP contribution in [-0.4, -0.2) is 83.0 Å². The van der Waals surface area contributed by atoms with E-state index in [-0.39, 0.29) is 30.7 Å². The molecule has 2 aliphatic carbocycles. The first-order valence-corrected chi connectivity index (χ1v) is 17.3. The molecule has 1 unspecified atom stereocenters. The van der Waals surface area contributed by atoms with E-state index < -0.39 is 53.5 Å². The van der Waals surface area contributed by atoms with E-state index in [1.165, 1.54) is 11.8 Å². The molecule has 2 aromatic carbocycles. The highest BCUT2D eigenvalue weighted by Crippen LogP contribution is 2.37. The van der Waals surface area contributed by atoms with Gasteiger partial charge in [0.2, 0.25) is 23.6 Å². The van der Waals surface area contributed by atoms with Gasteiger partial charge in [0.05, 0.1) is 13.7 Å². The lowest BCUT2D eigenvalue weighted by Crippen LogP contribution is -2.60. The molecule has 4 atom stereocenters. The molecule has 2 saturated carbocycles. The summed E-state index contributed by atoms with van der Waals surface area (Å²) in [5, 5.41) is 18.2. The molecule has 3 fully saturated rings. The Morgan fingerprint density at radius 2 is 1.61 bits per heavy atom. The van der Waals surface area contributed by atoms with Crippen LogP contribution in [0.3, 0.4) is 0 Å². The molecule has 12 nitrogen and oxygen atoms in total. The van der Waals surface area contributed by atoms with Crippen molar-refractivity contribution in [3.63, 3.8) is 0 Å². The standard InChI is InChI=1S/C37H48N4O8/c1-22(2)31(39-34(44)32(38-23(3)42)25-10-6-5-7-11-25)35(45)41-21-27(20-29(41)33(43)40-37(18-19-37)36(46)47)49-30-13-9-8-12-28(30)24-14-16-26(48-4)17-15-24/h8-9,12-17,22,25,27,29,31-32H,5-7,10-11,18-21H2,1-4H3,(H,38,42)(H,39,44)(H,40,43)(H,46,47)/t27-,29?,31+,32+/m1/s1. The van der Waals surface area contributed by atoms with Crippen LogP contribution in [0.2, 0.25) is 0 Å². The van der Waals surface area contributed by atoms with Gasteiger partial charge in [0, 0.05) is 18.9 Å². The average molecular weight is 677 g/mol. The van der Waals surface area contributed by atoms with Gasteiger partial charge in [-0.05, 0) is 61.3 Å². The summed E-state index contributed by atoms with van der Waals surface area (Å²) in [6.45, 7) is 5.04. The molecule has 1 aliphatic heterocycles. The van der Waals surface area contributed by atoms with Crippen LogP contribution < -0.4 is 25.4 Å². The first kappa shape index (κ1) is 35.7. The van der Waals surface area contributed by atoms with E-state index in [9.17, 15) is 29.1 Å². The Hall–Kier alpha value is -4.61. The molecule has 4 amide bonds. The average Bonchev–Trinajstić information content (AvgIpc) is 3.76. The van der Waals surface area contributed by atoms with Crippen LogP contribution >= 0.6 is 0 Å². The van der Waals surface area contributed by atoms with Gasteiger partial charge in [-0.1, -0.05) is 63.4 Å². The number of hydrogen-bond donors (Lipinski definition) is 4.